The number of amides is 1. The van der Waals surface area contributed by atoms with Crippen LogP contribution in [0.15, 0.2) is 60.0 Å². The number of rotatable bonds is 4. The quantitative estimate of drug-likeness (QED) is 0.801. The number of allylic oxidation sites excluding steroid dienone is 7. The van der Waals surface area contributed by atoms with E-state index in [1.165, 1.54) is 5.57 Å². The van der Waals surface area contributed by atoms with E-state index in [0.29, 0.717) is 17.4 Å². The highest BCUT2D eigenvalue weighted by molar-refractivity contribution is 5.95. The van der Waals surface area contributed by atoms with E-state index in [1.54, 1.807) is 6.20 Å². The zero-order valence-corrected chi connectivity index (χ0v) is 15.1. The molecule has 0 spiro atoms. The summed E-state index contributed by atoms with van der Waals surface area (Å²) in [6, 6.07) is 3.70. The highest BCUT2D eigenvalue weighted by Crippen LogP contribution is 2.27. The van der Waals surface area contributed by atoms with Crippen molar-refractivity contribution in [3.8, 4) is 0 Å². The standard InChI is InChI=1S/C21H26N2O/c1-6-8-17(7-2)20-10-9-18(13-22-20)21(24)23-19-11-14(3)16(5)15(4)12-19/h6-14,16H,1-5H3,(H,23,24)/b8-6-,17-7+. The molecule has 0 aliphatic heterocycles. The predicted molar refractivity (Wildman–Crippen MR) is 100 cm³/mol. The van der Waals surface area contributed by atoms with E-state index in [4.69, 9.17) is 0 Å². The van der Waals surface area contributed by atoms with Crippen LogP contribution in [0.3, 0.4) is 0 Å². The SMILES string of the molecule is C/C=C\C(=C/C)c1ccc(C(=O)NC2=CC(C)C(C)C(C)=C2)cn1. The summed E-state index contributed by atoms with van der Waals surface area (Å²) >= 11 is 0. The molecule has 0 saturated heterocycles. The smallest absolute Gasteiger partial charge is 0.257 e. The van der Waals surface area contributed by atoms with Crippen LogP contribution < -0.4 is 5.32 Å². The van der Waals surface area contributed by atoms with Crippen molar-refractivity contribution in [1.29, 1.82) is 0 Å². The van der Waals surface area contributed by atoms with Gasteiger partial charge >= 0.3 is 0 Å². The first-order chi connectivity index (χ1) is 11.5. The van der Waals surface area contributed by atoms with Crippen molar-refractivity contribution in [2.24, 2.45) is 11.8 Å². The van der Waals surface area contributed by atoms with E-state index in [9.17, 15) is 4.79 Å². The molecule has 1 heterocycles. The zero-order valence-electron chi connectivity index (χ0n) is 15.1. The molecule has 3 heteroatoms. The summed E-state index contributed by atoms with van der Waals surface area (Å²) in [6.07, 6.45) is 11.8. The molecule has 1 aromatic rings. The van der Waals surface area contributed by atoms with Gasteiger partial charge in [0, 0.05) is 11.9 Å². The Morgan fingerprint density at radius 2 is 2.00 bits per heavy atom. The molecule has 0 fully saturated rings. The van der Waals surface area contributed by atoms with Crippen molar-refractivity contribution in [2.45, 2.75) is 34.6 Å². The van der Waals surface area contributed by atoms with Crippen LogP contribution in [0.5, 0.6) is 0 Å². The third kappa shape index (κ3) is 4.10. The van der Waals surface area contributed by atoms with Gasteiger partial charge in [-0.2, -0.15) is 0 Å². The minimum atomic E-state index is -0.126. The van der Waals surface area contributed by atoms with Crippen molar-refractivity contribution in [3.05, 3.63) is 71.2 Å². The summed E-state index contributed by atoms with van der Waals surface area (Å²) in [5.74, 6) is 0.806. The molecule has 1 aliphatic rings. The second-order valence-electron chi connectivity index (χ2n) is 6.29. The summed E-state index contributed by atoms with van der Waals surface area (Å²) < 4.78 is 0. The molecule has 1 N–H and O–H groups in total. The van der Waals surface area contributed by atoms with Crippen LogP contribution in [0.2, 0.25) is 0 Å². The van der Waals surface area contributed by atoms with Crippen LogP contribution in [0, 0.1) is 11.8 Å². The molecule has 2 unspecified atom stereocenters. The lowest BCUT2D eigenvalue weighted by atomic mass is 9.84. The molecule has 1 aromatic heterocycles. The van der Waals surface area contributed by atoms with E-state index < -0.39 is 0 Å². The van der Waals surface area contributed by atoms with Gasteiger partial charge in [0.05, 0.1) is 11.3 Å². The van der Waals surface area contributed by atoms with Crippen molar-refractivity contribution in [2.75, 3.05) is 0 Å². The third-order valence-electron chi connectivity index (χ3n) is 4.57. The molecule has 1 aliphatic carbocycles. The number of hydrogen-bond donors (Lipinski definition) is 1. The second-order valence-corrected chi connectivity index (χ2v) is 6.29. The van der Waals surface area contributed by atoms with Gasteiger partial charge < -0.3 is 5.32 Å². The molecule has 2 rings (SSSR count). The predicted octanol–water partition coefficient (Wildman–Crippen LogP) is 4.91. The number of hydrogen-bond acceptors (Lipinski definition) is 2. The van der Waals surface area contributed by atoms with Crippen molar-refractivity contribution in [3.63, 3.8) is 0 Å². The fraction of sp³-hybridized carbons (Fsp3) is 0.333. The highest BCUT2D eigenvalue weighted by Gasteiger charge is 2.18. The molecule has 0 saturated carbocycles. The highest BCUT2D eigenvalue weighted by atomic mass is 16.1. The van der Waals surface area contributed by atoms with Crippen molar-refractivity contribution < 1.29 is 4.79 Å². The van der Waals surface area contributed by atoms with Gasteiger partial charge in [-0.25, -0.2) is 0 Å². The summed E-state index contributed by atoms with van der Waals surface area (Å²) in [5.41, 5.74) is 4.63. The summed E-state index contributed by atoms with van der Waals surface area (Å²) in [4.78, 5) is 16.8. The Bertz CT molecular complexity index is 721. The Balaban J connectivity index is 2.13. The van der Waals surface area contributed by atoms with Crippen LogP contribution in [0.4, 0.5) is 0 Å². The Hall–Kier alpha value is -2.42. The Kier molecular flexibility index (Phi) is 5.91. The van der Waals surface area contributed by atoms with Crippen molar-refractivity contribution in [1.82, 2.24) is 10.3 Å². The fourth-order valence-electron chi connectivity index (χ4n) is 2.76. The zero-order chi connectivity index (χ0) is 17.7. The van der Waals surface area contributed by atoms with E-state index in [-0.39, 0.29) is 5.91 Å². The Morgan fingerprint density at radius 3 is 2.54 bits per heavy atom. The maximum absolute atomic E-state index is 12.4. The third-order valence-corrected chi connectivity index (χ3v) is 4.57. The van der Waals surface area contributed by atoms with Gasteiger partial charge in [-0.1, -0.05) is 43.7 Å². The molecule has 126 valence electrons. The lowest BCUT2D eigenvalue weighted by molar-refractivity contribution is 0.0966. The first kappa shape index (κ1) is 17.9. The molecule has 0 aromatic carbocycles. The summed E-state index contributed by atoms with van der Waals surface area (Å²) in [6.45, 7) is 10.4. The molecular weight excluding hydrogens is 296 g/mol. The van der Waals surface area contributed by atoms with Crippen LogP contribution in [-0.2, 0) is 0 Å². The maximum Gasteiger partial charge on any atom is 0.257 e. The number of pyridine rings is 1. The topological polar surface area (TPSA) is 42.0 Å². The van der Waals surface area contributed by atoms with E-state index >= 15 is 0 Å². The molecule has 1 amide bonds. The molecular formula is C21H26N2O. The normalized spacial score (nSPS) is 21.5. The lowest BCUT2D eigenvalue weighted by Crippen LogP contribution is -2.25. The molecule has 24 heavy (non-hydrogen) atoms. The first-order valence-corrected chi connectivity index (χ1v) is 8.43. The number of carbonyl (C=O) groups is 1. The van der Waals surface area contributed by atoms with Gasteiger partial charge in [0.15, 0.2) is 0 Å². The van der Waals surface area contributed by atoms with Gasteiger partial charge in [-0.15, -0.1) is 0 Å². The van der Waals surface area contributed by atoms with Gasteiger partial charge in [0.1, 0.15) is 0 Å². The monoisotopic (exact) mass is 322 g/mol. The van der Waals surface area contributed by atoms with E-state index in [0.717, 1.165) is 17.0 Å². The van der Waals surface area contributed by atoms with Crippen LogP contribution in [0.1, 0.15) is 50.7 Å². The molecule has 0 bridgehead atoms. The molecule has 2 atom stereocenters. The van der Waals surface area contributed by atoms with E-state index in [2.05, 4.69) is 37.1 Å². The molecule has 0 radical (unpaired) electrons. The minimum Gasteiger partial charge on any atom is -0.322 e. The van der Waals surface area contributed by atoms with Crippen LogP contribution in [-0.4, -0.2) is 10.9 Å². The fourth-order valence-corrected chi connectivity index (χ4v) is 2.76. The van der Waals surface area contributed by atoms with Crippen molar-refractivity contribution >= 4 is 11.5 Å². The maximum atomic E-state index is 12.4. The number of nitrogens with zero attached hydrogens (tertiary/aromatic N) is 1. The molecule has 3 nitrogen and oxygen atoms in total. The van der Waals surface area contributed by atoms with Crippen LogP contribution in [0.25, 0.3) is 5.57 Å². The van der Waals surface area contributed by atoms with Crippen LogP contribution >= 0.6 is 0 Å². The minimum absolute atomic E-state index is 0.126. The summed E-state index contributed by atoms with van der Waals surface area (Å²) in [5, 5.41) is 2.98. The van der Waals surface area contributed by atoms with Gasteiger partial charge in [0.25, 0.3) is 5.91 Å². The Labute approximate surface area is 144 Å². The van der Waals surface area contributed by atoms with E-state index in [1.807, 2.05) is 50.3 Å². The lowest BCUT2D eigenvalue weighted by Gasteiger charge is -2.24. The second kappa shape index (κ2) is 7.91. The average Bonchev–Trinajstić information content (AvgIpc) is 2.57. The summed E-state index contributed by atoms with van der Waals surface area (Å²) in [7, 11) is 0. The Morgan fingerprint density at radius 1 is 1.25 bits per heavy atom. The number of carbonyl (C=O) groups excluding carboxylic acids is 1. The number of aromatic nitrogens is 1. The van der Waals surface area contributed by atoms with Gasteiger partial charge in [-0.3, -0.25) is 9.78 Å². The van der Waals surface area contributed by atoms with Gasteiger partial charge in [-0.05, 0) is 56.4 Å². The first-order valence-electron chi connectivity index (χ1n) is 8.43. The van der Waals surface area contributed by atoms with Gasteiger partial charge in [0.2, 0.25) is 0 Å². The number of nitrogens with one attached hydrogen (secondary N) is 1. The average molecular weight is 322 g/mol. The largest absolute Gasteiger partial charge is 0.322 e.